The Morgan fingerprint density at radius 1 is 1.43 bits per heavy atom. The molecule has 0 aromatic carbocycles. The van der Waals surface area contributed by atoms with Crippen LogP contribution in [0.5, 0.6) is 0 Å². The van der Waals surface area contributed by atoms with Crippen LogP contribution in [-0.2, 0) is 24.3 Å². The predicted molar refractivity (Wildman–Crippen MR) is 78.7 cm³/mol. The van der Waals surface area contributed by atoms with Crippen molar-refractivity contribution in [1.82, 2.24) is 29.9 Å². The SMILES string of the molecule is CCc1c(C)nn(CC(=O)N[C@@H](C)Cn2cncn2)c1C. The maximum Gasteiger partial charge on any atom is 0.242 e. The Morgan fingerprint density at radius 3 is 2.76 bits per heavy atom. The summed E-state index contributed by atoms with van der Waals surface area (Å²) in [6, 6.07) is -0.0122. The number of rotatable bonds is 6. The van der Waals surface area contributed by atoms with E-state index in [2.05, 4.69) is 27.4 Å². The predicted octanol–water partition coefficient (Wildman–Crippen LogP) is 0.859. The van der Waals surface area contributed by atoms with Gasteiger partial charge in [-0.3, -0.25) is 14.2 Å². The average molecular weight is 290 g/mol. The van der Waals surface area contributed by atoms with Crippen LogP contribution >= 0.6 is 0 Å². The molecule has 0 fully saturated rings. The maximum atomic E-state index is 12.1. The van der Waals surface area contributed by atoms with E-state index in [0.717, 1.165) is 17.8 Å². The molecule has 7 nitrogen and oxygen atoms in total. The fraction of sp³-hybridized carbons (Fsp3) is 0.571. The van der Waals surface area contributed by atoms with Gasteiger partial charge in [-0.2, -0.15) is 10.2 Å². The zero-order valence-electron chi connectivity index (χ0n) is 13.0. The molecule has 1 N–H and O–H groups in total. The Bertz CT molecular complexity index is 601. The highest BCUT2D eigenvalue weighted by atomic mass is 16.2. The Morgan fingerprint density at radius 2 is 2.19 bits per heavy atom. The van der Waals surface area contributed by atoms with Crippen LogP contribution in [0.2, 0.25) is 0 Å². The zero-order valence-corrected chi connectivity index (χ0v) is 13.0. The van der Waals surface area contributed by atoms with Gasteiger partial charge < -0.3 is 5.32 Å². The Hall–Kier alpha value is -2.18. The molecule has 7 heteroatoms. The summed E-state index contributed by atoms with van der Waals surface area (Å²) >= 11 is 0. The summed E-state index contributed by atoms with van der Waals surface area (Å²) in [4.78, 5) is 16.0. The lowest BCUT2D eigenvalue weighted by molar-refractivity contribution is -0.122. The summed E-state index contributed by atoms with van der Waals surface area (Å²) in [5.74, 6) is -0.0455. The minimum Gasteiger partial charge on any atom is -0.350 e. The summed E-state index contributed by atoms with van der Waals surface area (Å²) < 4.78 is 3.47. The number of hydrogen-bond donors (Lipinski definition) is 1. The Balaban J connectivity index is 1.92. The summed E-state index contributed by atoms with van der Waals surface area (Å²) in [5.41, 5.74) is 3.28. The number of nitrogens with one attached hydrogen (secondary N) is 1. The van der Waals surface area contributed by atoms with Gasteiger partial charge in [-0.15, -0.1) is 0 Å². The largest absolute Gasteiger partial charge is 0.350 e. The number of aryl methyl sites for hydroxylation is 1. The first-order valence-electron chi connectivity index (χ1n) is 7.16. The normalized spacial score (nSPS) is 12.4. The van der Waals surface area contributed by atoms with Crippen molar-refractivity contribution in [3.63, 3.8) is 0 Å². The molecular formula is C14H22N6O. The van der Waals surface area contributed by atoms with Gasteiger partial charge in [-0.1, -0.05) is 6.92 Å². The fourth-order valence-electron chi connectivity index (χ4n) is 2.51. The van der Waals surface area contributed by atoms with Crippen molar-refractivity contribution >= 4 is 5.91 Å². The first-order chi connectivity index (χ1) is 10.0. The van der Waals surface area contributed by atoms with Gasteiger partial charge >= 0.3 is 0 Å². The molecule has 0 aliphatic carbocycles. The number of amides is 1. The quantitative estimate of drug-likeness (QED) is 0.856. The van der Waals surface area contributed by atoms with Crippen molar-refractivity contribution in [3.8, 4) is 0 Å². The summed E-state index contributed by atoms with van der Waals surface area (Å²) in [6.45, 7) is 8.87. The smallest absolute Gasteiger partial charge is 0.242 e. The zero-order chi connectivity index (χ0) is 15.4. The monoisotopic (exact) mass is 290 g/mol. The molecule has 2 heterocycles. The summed E-state index contributed by atoms with van der Waals surface area (Å²) in [5, 5.41) is 11.4. The summed E-state index contributed by atoms with van der Waals surface area (Å²) in [7, 11) is 0. The third-order valence-corrected chi connectivity index (χ3v) is 3.51. The van der Waals surface area contributed by atoms with Crippen LogP contribution < -0.4 is 5.32 Å². The van der Waals surface area contributed by atoms with Gasteiger partial charge in [0.2, 0.25) is 5.91 Å². The van der Waals surface area contributed by atoms with Crippen molar-refractivity contribution in [2.75, 3.05) is 0 Å². The molecule has 0 unspecified atom stereocenters. The molecule has 1 amide bonds. The highest BCUT2D eigenvalue weighted by molar-refractivity contribution is 5.76. The highest BCUT2D eigenvalue weighted by Gasteiger charge is 2.14. The third kappa shape index (κ3) is 3.68. The van der Waals surface area contributed by atoms with Gasteiger partial charge in [-0.25, -0.2) is 4.98 Å². The molecule has 114 valence electrons. The molecule has 2 aromatic heterocycles. The Kier molecular flexibility index (Phi) is 4.72. The van der Waals surface area contributed by atoms with E-state index in [4.69, 9.17) is 0 Å². The van der Waals surface area contributed by atoms with E-state index in [1.807, 2.05) is 20.8 Å². The molecular weight excluding hydrogens is 268 g/mol. The molecule has 0 aliphatic heterocycles. The van der Waals surface area contributed by atoms with Crippen molar-refractivity contribution in [3.05, 3.63) is 29.6 Å². The number of carbonyl (C=O) groups is 1. The van der Waals surface area contributed by atoms with E-state index in [9.17, 15) is 4.79 Å². The second kappa shape index (κ2) is 6.51. The molecule has 0 saturated carbocycles. The van der Waals surface area contributed by atoms with Gasteiger partial charge in [0.15, 0.2) is 0 Å². The first-order valence-corrected chi connectivity index (χ1v) is 7.16. The minimum absolute atomic E-state index is 0.0122. The lowest BCUT2D eigenvalue weighted by Gasteiger charge is -2.14. The second-order valence-electron chi connectivity index (χ2n) is 5.25. The lowest BCUT2D eigenvalue weighted by Crippen LogP contribution is -2.38. The van der Waals surface area contributed by atoms with Crippen molar-refractivity contribution < 1.29 is 4.79 Å². The highest BCUT2D eigenvalue weighted by Crippen LogP contribution is 2.13. The fourth-order valence-corrected chi connectivity index (χ4v) is 2.51. The maximum absolute atomic E-state index is 12.1. The molecule has 21 heavy (non-hydrogen) atoms. The molecule has 0 aliphatic rings. The van der Waals surface area contributed by atoms with E-state index < -0.39 is 0 Å². The average Bonchev–Trinajstić information content (AvgIpc) is 2.99. The molecule has 0 saturated heterocycles. The Labute approximate surface area is 124 Å². The molecule has 1 atom stereocenters. The van der Waals surface area contributed by atoms with E-state index in [1.165, 1.54) is 11.9 Å². The van der Waals surface area contributed by atoms with Crippen molar-refractivity contribution in [2.45, 2.75) is 53.2 Å². The van der Waals surface area contributed by atoms with Gasteiger partial charge in [-0.05, 0) is 32.8 Å². The number of nitrogens with zero attached hydrogens (tertiary/aromatic N) is 5. The van der Waals surface area contributed by atoms with Gasteiger partial charge in [0, 0.05) is 11.7 Å². The van der Waals surface area contributed by atoms with Gasteiger partial charge in [0.05, 0.1) is 12.2 Å². The van der Waals surface area contributed by atoms with E-state index in [0.29, 0.717) is 6.54 Å². The minimum atomic E-state index is -0.0455. The van der Waals surface area contributed by atoms with Crippen LogP contribution in [0.3, 0.4) is 0 Å². The summed E-state index contributed by atoms with van der Waals surface area (Å²) in [6.07, 6.45) is 4.05. The molecule has 2 rings (SSSR count). The molecule has 0 bridgehead atoms. The van der Waals surface area contributed by atoms with Gasteiger partial charge in [0.25, 0.3) is 0 Å². The van der Waals surface area contributed by atoms with Crippen LogP contribution in [0.4, 0.5) is 0 Å². The van der Waals surface area contributed by atoms with Crippen molar-refractivity contribution in [2.24, 2.45) is 0 Å². The third-order valence-electron chi connectivity index (χ3n) is 3.51. The van der Waals surface area contributed by atoms with E-state index in [1.54, 1.807) is 15.7 Å². The van der Waals surface area contributed by atoms with Crippen molar-refractivity contribution in [1.29, 1.82) is 0 Å². The standard InChI is InChI=1S/C14H22N6O/c1-5-13-11(3)18-20(12(13)4)7-14(21)17-10(2)6-19-9-15-8-16-19/h8-10H,5-7H2,1-4H3,(H,17,21)/t10-/m0/s1. The van der Waals surface area contributed by atoms with Crippen LogP contribution in [-0.4, -0.2) is 36.5 Å². The van der Waals surface area contributed by atoms with Crippen LogP contribution in [0.15, 0.2) is 12.7 Å². The van der Waals surface area contributed by atoms with Crippen LogP contribution in [0.25, 0.3) is 0 Å². The van der Waals surface area contributed by atoms with E-state index >= 15 is 0 Å². The topological polar surface area (TPSA) is 77.6 Å². The van der Waals surface area contributed by atoms with Gasteiger partial charge in [0.1, 0.15) is 19.2 Å². The molecule has 0 radical (unpaired) electrons. The number of aromatic nitrogens is 5. The molecule has 2 aromatic rings. The first kappa shape index (κ1) is 15.2. The van der Waals surface area contributed by atoms with Crippen LogP contribution in [0, 0.1) is 13.8 Å². The lowest BCUT2D eigenvalue weighted by atomic mass is 10.1. The van der Waals surface area contributed by atoms with Crippen LogP contribution in [0.1, 0.15) is 30.8 Å². The number of carbonyl (C=O) groups excluding carboxylic acids is 1. The number of hydrogen-bond acceptors (Lipinski definition) is 4. The molecule has 0 spiro atoms. The van der Waals surface area contributed by atoms with E-state index in [-0.39, 0.29) is 18.5 Å². The second-order valence-corrected chi connectivity index (χ2v) is 5.25.